The van der Waals surface area contributed by atoms with E-state index >= 15 is 0 Å². The fourth-order valence-electron chi connectivity index (χ4n) is 3.80. The first kappa shape index (κ1) is 26.8. The predicted octanol–water partition coefficient (Wildman–Crippen LogP) is 3.73. The van der Waals surface area contributed by atoms with Gasteiger partial charge in [0.25, 0.3) is 5.91 Å². The molecule has 0 bridgehead atoms. The lowest BCUT2D eigenvalue weighted by Crippen LogP contribution is -2.46. The van der Waals surface area contributed by atoms with Crippen LogP contribution in [0.15, 0.2) is 30.8 Å². The van der Waals surface area contributed by atoms with Gasteiger partial charge in [0, 0.05) is 57.1 Å². The lowest BCUT2D eigenvalue weighted by molar-refractivity contribution is 0.0786. The number of rotatable bonds is 11. The van der Waals surface area contributed by atoms with E-state index in [2.05, 4.69) is 38.6 Å². The van der Waals surface area contributed by atoms with Gasteiger partial charge in [0.2, 0.25) is 0 Å². The standard InChI is InChI=1S/C24H35N5O2.C2H6/c1-4-21-22(5-2)27-23(26-21)17-25-24(30)20-9-7-19(8-10-20)18-29-13-11-28(12-14-29)15-16-31-6-3;1-2/h4,7-10H,1,5-6,11-18H2,2-3H3,(H,25,30)(H,26,27);1-2H3. The van der Waals surface area contributed by atoms with Crippen molar-refractivity contribution in [2.75, 3.05) is 45.9 Å². The Morgan fingerprint density at radius 3 is 2.39 bits per heavy atom. The molecule has 1 aliphatic rings. The maximum Gasteiger partial charge on any atom is 0.251 e. The molecule has 1 amide bonds. The molecule has 33 heavy (non-hydrogen) atoms. The van der Waals surface area contributed by atoms with Gasteiger partial charge in [0.05, 0.1) is 18.8 Å². The number of piperazine rings is 1. The predicted molar refractivity (Wildman–Crippen MR) is 135 cm³/mol. The number of H-pyrrole nitrogens is 1. The molecule has 1 aromatic carbocycles. The van der Waals surface area contributed by atoms with E-state index in [1.165, 1.54) is 5.56 Å². The van der Waals surface area contributed by atoms with Gasteiger partial charge in [-0.05, 0) is 37.1 Å². The number of nitrogens with one attached hydrogen (secondary N) is 2. The zero-order valence-corrected chi connectivity index (χ0v) is 20.8. The Hall–Kier alpha value is -2.48. The number of hydrogen-bond donors (Lipinski definition) is 2. The molecule has 0 saturated carbocycles. The minimum absolute atomic E-state index is 0.0935. The number of amides is 1. The number of aromatic nitrogens is 2. The number of ether oxygens (including phenoxy) is 1. The first-order valence-electron chi connectivity index (χ1n) is 12.2. The highest BCUT2D eigenvalue weighted by atomic mass is 16.5. The normalized spacial score (nSPS) is 14.4. The summed E-state index contributed by atoms with van der Waals surface area (Å²) >= 11 is 0. The minimum atomic E-state index is -0.0935. The molecule has 2 heterocycles. The van der Waals surface area contributed by atoms with E-state index in [1.807, 2.05) is 45.0 Å². The van der Waals surface area contributed by atoms with Crippen molar-refractivity contribution < 1.29 is 9.53 Å². The number of hydrogen-bond acceptors (Lipinski definition) is 5. The first-order chi connectivity index (χ1) is 16.1. The van der Waals surface area contributed by atoms with Crippen LogP contribution < -0.4 is 5.32 Å². The smallest absolute Gasteiger partial charge is 0.251 e. The summed E-state index contributed by atoms with van der Waals surface area (Å²) in [5.41, 5.74) is 3.79. The summed E-state index contributed by atoms with van der Waals surface area (Å²) in [7, 11) is 0. The summed E-state index contributed by atoms with van der Waals surface area (Å²) in [5.74, 6) is 0.654. The Balaban J connectivity index is 0.00000187. The monoisotopic (exact) mass is 455 g/mol. The van der Waals surface area contributed by atoms with Gasteiger partial charge in [-0.2, -0.15) is 0 Å². The van der Waals surface area contributed by atoms with E-state index in [-0.39, 0.29) is 5.91 Å². The van der Waals surface area contributed by atoms with Crippen LogP contribution in [0.4, 0.5) is 0 Å². The molecule has 0 radical (unpaired) electrons. The van der Waals surface area contributed by atoms with Gasteiger partial charge in [-0.1, -0.05) is 39.5 Å². The topological polar surface area (TPSA) is 73.5 Å². The molecule has 1 saturated heterocycles. The summed E-state index contributed by atoms with van der Waals surface area (Å²) in [6.45, 7) is 20.0. The Morgan fingerprint density at radius 2 is 1.82 bits per heavy atom. The molecule has 0 aliphatic carbocycles. The van der Waals surface area contributed by atoms with Crippen LogP contribution >= 0.6 is 0 Å². The Morgan fingerprint density at radius 1 is 1.15 bits per heavy atom. The van der Waals surface area contributed by atoms with Crippen molar-refractivity contribution in [3.8, 4) is 0 Å². The van der Waals surface area contributed by atoms with Crippen LogP contribution in [0.2, 0.25) is 0 Å². The molecule has 1 fully saturated rings. The fraction of sp³-hybridized carbons (Fsp3) is 0.538. The fourth-order valence-corrected chi connectivity index (χ4v) is 3.80. The molecule has 0 unspecified atom stereocenters. The summed E-state index contributed by atoms with van der Waals surface area (Å²) in [6, 6.07) is 7.90. The zero-order valence-electron chi connectivity index (χ0n) is 20.8. The molecule has 2 N–H and O–H groups in total. The van der Waals surface area contributed by atoms with Gasteiger partial charge in [-0.15, -0.1) is 0 Å². The van der Waals surface area contributed by atoms with Gasteiger partial charge in [-0.3, -0.25) is 14.6 Å². The molecule has 7 heteroatoms. The molecule has 7 nitrogen and oxygen atoms in total. The maximum atomic E-state index is 12.5. The summed E-state index contributed by atoms with van der Waals surface area (Å²) < 4.78 is 5.45. The van der Waals surface area contributed by atoms with Gasteiger partial charge < -0.3 is 15.0 Å². The van der Waals surface area contributed by atoms with Gasteiger partial charge in [0.15, 0.2) is 0 Å². The van der Waals surface area contributed by atoms with Gasteiger partial charge >= 0.3 is 0 Å². The highest BCUT2D eigenvalue weighted by molar-refractivity contribution is 5.94. The molecule has 182 valence electrons. The lowest BCUT2D eigenvalue weighted by Gasteiger charge is -2.34. The van der Waals surface area contributed by atoms with E-state index in [0.717, 1.165) is 76.1 Å². The number of nitrogens with zero attached hydrogens (tertiary/aromatic N) is 3. The molecule has 0 atom stereocenters. The molecular weight excluding hydrogens is 414 g/mol. The van der Waals surface area contributed by atoms with Gasteiger partial charge in [-0.25, -0.2) is 4.98 Å². The SMILES string of the molecule is C=Cc1nc(CNC(=O)c2ccc(CN3CCN(CCOCC)CC3)cc2)[nH]c1CC.CC. The van der Waals surface area contributed by atoms with Crippen molar-refractivity contribution in [3.63, 3.8) is 0 Å². The van der Waals surface area contributed by atoms with Crippen molar-refractivity contribution >= 4 is 12.0 Å². The average Bonchev–Trinajstić information content (AvgIpc) is 3.28. The van der Waals surface area contributed by atoms with Crippen LogP contribution in [-0.4, -0.2) is 71.6 Å². The van der Waals surface area contributed by atoms with Crippen molar-refractivity contribution in [2.45, 2.75) is 47.2 Å². The van der Waals surface area contributed by atoms with Crippen molar-refractivity contribution in [1.82, 2.24) is 25.1 Å². The third kappa shape index (κ3) is 8.42. The van der Waals surface area contributed by atoms with E-state index in [4.69, 9.17) is 4.74 Å². The van der Waals surface area contributed by atoms with E-state index in [0.29, 0.717) is 12.1 Å². The maximum absolute atomic E-state index is 12.5. The molecule has 2 aromatic rings. The number of aromatic amines is 1. The molecule has 0 spiro atoms. The van der Waals surface area contributed by atoms with E-state index in [1.54, 1.807) is 6.08 Å². The summed E-state index contributed by atoms with van der Waals surface area (Å²) in [4.78, 5) is 25.1. The number of imidazole rings is 1. The second-order valence-corrected chi connectivity index (χ2v) is 7.80. The third-order valence-corrected chi connectivity index (χ3v) is 5.67. The number of benzene rings is 1. The number of carbonyl (C=O) groups is 1. The highest BCUT2D eigenvalue weighted by Crippen LogP contribution is 2.11. The van der Waals surface area contributed by atoms with Crippen LogP contribution in [0.1, 0.15) is 60.8 Å². The van der Waals surface area contributed by atoms with Crippen molar-refractivity contribution in [3.05, 3.63) is 59.2 Å². The van der Waals surface area contributed by atoms with Gasteiger partial charge in [0.1, 0.15) is 5.82 Å². The molecular formula is C26H41N5O2. The Bertz CT molecular complexity index is 839. The molecule has 3 rings (SSSR count). The summed E-state index contributed by atoms with van der Waals surface area (Å²) in [6.07, 6.45) is 2.59. The van der Waals surface area contributed by atoms with Crippen LogP contribution in [0.3, 0.4) is 0 Å². The molecule has 1 aromatic heterocycles. The van der Waals surface area contributed by atoms with Crippen LogP contribution in [0.5, 0.6) is 0 Å². The number of carbonyl (C=O) groups excluding carboxylic acids is 1. The third-order valence-electron chi connectivity index (χ3n) is 5.67. The quantitative estimate of drug-likeness (QED) is 0.505. The van der Waals surface area contributed by atoms with E-state index in [9.17, 15) is 4.79 Å². The largest absolute Gasteiger partial charge is 0.380 e. The summed E-state index contributed by atoms with van der Waals surface area (Å²) in [5, 5.41) is 2.94. The van der Waals surface area contributed by atoms with Crippen molar-refractivity contribution in [2.24, 2.45) is 0 Å². The van der Waals surface area contributed by atoms with E-state index < -0.39 is 0 Å². The second kappa shape index (κ2) is 14.6. The van der Waals surface area contributed by atoms with Crippen LogP contribution in [0, 0.1) is 0 Å². The molecule has 1 aliphatic heterocycles. The first-order valence-corrected chi connectivity index (χ1v) is 12.2. The lowest BCUT2D eigenvalue weighted by atomic mass is 10.1. The zero-order chi connectivity index (χ0) is 24.1. The Labute approximate surface area is 199 Å². The van der Waals surface area contributed by atoms with Crippen molar-refractivity contribution in [1.29, 1.82) is 0 Å². The highest BCUT2D eigenvalue weighted by Gasteiger charge is 2.17. The van der Waals surface area contributed by atoms with Crippen LogP contribution in [-0.2, 0) is 24.2 Å². The number of aryl methyl sites for hydroxylation is 1. The minimum Gasteiger partial charge on any atom is -0.380 e. The Kier molecular flexibility index (Phi) is 11.9. The van der Waals surface area contributed by atoms with Crippen LogP contribution in [0.25, 0.3) is 6.08 Å². The second-order valence-electron chi connectivity index (χ2n) is 7.80. The average molecular weight is 456 g/mol.